The number of ether oxygens (including phenoxy) is 1. The summed E-state index contributed by atoms with van der Waals surface area (Å²) in [7, 11) is 1.59. The fourth-order valence-electron chi connectivity index (χ4n) is 0.993. The van der Waals surface area contributed by atoms with E-state index in [2.05, 4.69) is 11.9 Å². The highest BCUT2D eigenvalue weighted by atomic mass is 16.5. The van der Waals surface area contributed by atoms with Crippen molar-refractivity contribution in [2.75, 3.05) is 19.0 Å². The third-order valence-corrected chi connectivity index (χ3v) is 1.90. The molecule has 0 heterocycles. The van der Waals surface area contributed by atoms with Gasteiger partial charge in [-0.3, -0.25) is 0 Å². The molecule has 80 valence electrons. The van der Waals surface area contributed by atoms with E-state index in [1.807, 2.05) is 12.1 Å². The van der Waals surface area contributed by atoms with Gasteiger partial charge in [-0.15, -0.1) is 0 Å². The molecule has 1 aromatic rings. The summed E-state index contributed by atoms with van der Waals surface area (Å²) < 4.78 is 4.99. The maximum atomic E-state index is 10.5. The van der Waals surface area contributed by atoms with Gasteiger partial charge in [0, 0.05) is 17.8 Å². The zero-order chi connectivity index (χ0) is 11.3. The Morgan fingerprint density at radius 2 is 2.07 bits per heavy atom. The first-order valence-electron chi connectivity index (χ1n) is 4.42. The Hall–Kier alpha value is -1.97. The summed E-state index contributed by atoms with van der Waals surface area (Å²) in [6, 6.07) is 7.22. The lowest BCUT2D eigenvalue weighted by Gasteiger charge is -2.06. The molecule has 1 rings (SSSR count). The molecule has 0 fully saturated rings. The maximum Gasteiger partial charge on any atom is 0.332 e. The Kier molecular flexibility index (Phi) is 3.74. The van der Waals surface area contributed by atoms with Crippen molar-refractivity contribution in [3.8, 4) is 5.75 Å². The second kappa shape index (κ2) is 5.05. The Labute approximate surface area is 88.2 Å². The van der Waals surface area contributed by atoms with Crippen LogP contribution in [-0.4, -0.2) is 24.7 Å². The van der Waals surface area contributed by atoms with Gasteiger partial charge in [-0.2, -0.15) is 0 Å². The van der Waals surface area contributed by atoms with Gasteiger partial charge in [0.05, 0.1) is 7.11 Å². The highest BCUT2D eigenvalue weighted by Gasteiger charge is 2.02. The number of hydrogen-bond donors (Lipinski definition) is 2. The van der Waals surface area contributed by atoms with Crippen molar-refractivity contribution in [1.29, 1.82) is 0 Å². The largest absolute Gasteiger partial charge is 0.497 e. The van der Waals surface area contributed by atoms with E-state index in [0.717, 1.165) is 11.4 Å². The summed E-state index contributed by atoms with van der Waals surface area (Å²) in [5.41, 5.74) is 0.962. The number of rotatable bonds is 5. The van der Waals surface area contributed by atoms with Crippen LogP contribution in [0.1, 0.15) is 0 Å². The molecule has 0 saturated carbocycles. The Bertz CT molecular complexity index is 357. The van der Waals surface area contributed by atoms with Crippen LogP contribution < -0.4 is 10.1 Å². The smallest absolute Gasteiger partial charge is 0.332 e. The quantitative estimate of drug-likeness (QED) is 0.722. The first-order chi connectivity index (χ1) is 7.13. The zero-order valence-electron chi connectivity index (χ0n) is 8.49. The first-order valence-corrected chi connectivity index (χ1v) is 4.42. The van der Waals surface area contributed by atoms with Crippen LogP contribution in [0, 0.1) is 0 Å². The van der Waals surface area contributed by atoms with E-state index in [-0.39, 0.29) is 12.1 Å². The van der Waals surface area contributed by atoms with Gasteiger partial charge < -0.3 is 15.2 Å². The molecule has 0 radical (unpaired) electrons. The molecule has 2 N–H and O–H groups in total. The van der Waals surface area contributed by atoms with Gasteiger partial charge in [0.25, 0.3) is 0 Å². The Balaban J connectivity index is 2.51. The molecule has 15 heavy (non-hydrogen) atoms. The average Bonchev–Trinajstić information content (AvgIpc) is 2.26. The van der Waals surface area contributed by atoms with Crippen molar-refractivity contribution < 1.29 is 14.6 Å². The van der Waals surface area contributed by atoms with Crippen LogP contribution in [0.5, 0.6) is 5.75 Å². The van der Waals surface area contributed by atoms with Gasteiger partial charge in [0.1, 0.15) is 5.75 Å². The predicted molar refractivity (Wildman–Crippen MR) is 58.3 cm³/mol. The summed E-state index contributed by atoms with van der Waals surface area (Å²) in [4.78, 5) is 10.5. The molecule has 0 unspecified atom stereocenters. The number of aliphatic carboxylic acids is 1. The SMILES string of the molecule is C=C(CNc1ccc(OC)cc1)C(=O)O. The number of benzene rings is 1. The van der Waals surface area contributed by atoms with E-state index < -0.39 is 5.97 Å². The molecule has 0 saturated heterocycles. The fourth-order valence-corrected chi connectivity index (χ4v) is 0.993. The van der Waals surface area contributed by atoms with Crippen molar-refractivity contribution in [2.24, 2.45) is 0 Å². The van der Waals surface area contributed by atoms with Gasteiger partial charge in [0.15, 0.2) is 0 Å². The molecule has 0 bridgehead atoms. The van der Waals surface area contributed by atoms with Gasteiger partial charge in [0.2, 0.25) is 0 Å². The van der Waals surface area contributed by atoms with Crippen molar-refractivity contribution >= 4 is 11.7 Å². The van der Waals surface area contributed by atoms with Crippen molar-refractivity contribution in [2.45, 2.75) is 0 Å². The highest BCUT2D eigenvalue weighted by Crippen LogP contribution is 2.14. The Morgan fingerprint density at radius 1 is 1.47 bits per heavy atom. The third-order valence-electron chi connectivity index (χ3n) is 1.90. The average molecular weight is 207 g/mol. The number of carboxylic acids is 1. The van der Waals surface area contributed by atoms with Crippen LogP contribution in [-0.2, 0) is 4.79 Å². The van der Waals surface area contributed by atoms with Gasteiger partial charge in [-0.05, 0) is 24.3 Å². The van der Waals surface area contributed by atoms with Gasteiger partial charge >= 0.3 is 5.97 Å². The number of carbonyl (C=O) groups is 1. The molecule has 0 amide bonds. The minimum Gasteiger partial charge on any atom is -0.497 e. The zero-order valence-corrected chi connectivity index (χ0v) is 8.49. The second-order valence-electron chi connectivity index (χ2n) is 2.99. The molecule has 0 spiro atoms. The predicted octanol–water partition coefficient (Wildman–Crippen LogP) is 1.75. The number of carboxylic acid groups (broad SMARTS) is 1. The van der Waals surface area contributed by atoms with Crippen LogP contribution in [0.25, 0.3) is 0 Å². The molecule has 4 heteroatoms. The summed E-state index contributed by atoms with van der Waals surface area (Å²) >= 11 is 0. The number of nitrogens with one attached hydrogen (secondary N) is 1. The number of anilines is 1. The normalized spacial score (nSPS) is 9.40. The fraction of sp³-hybridized carbons (Fsp3) is 0.182. The topological polar surface area (TPSA) is 58.6 Å². The van der Waals surface area contributed by atoms with Crippen LogP contribution >= 0.6 is 0 Å². The van der Waals surface area contributed by atoms with E-state index in [0.29, 0.717) is 0 Å². The van der Waals surface area contributed by atoms with Crippen molar-refractivity contribution in [3.63, 3.8) is 0 Å². The summed E-state index contributed by atoms with van der Waals surface area (Å²) in [5.74, 6) is -0.228. The van der Waals surface area contributed by atoms with E-state index in [9.17, 15) is 4.79 Å². The van der Waals surface area contributed by atoms with Crippen LogP contribution in [0.15, 0.2) is 36.4 Å². The molecule has 0 aliphatic heterocycles. The molecule has 0 aliphatic carbocycles. The molecule has 0 aliphatic rings. The monoisotopic (exact) mass is 207 g/mol. The third kappa shape index (κ3) is 3.34. The highest BCUT2D eigenvalue weighted by molar-refractivity contribution is 5.86. The number of hydrogen-bond acceptors (Lipinski definition) is 3. The molecular weight excluding hydrogens is 194 g/mol. The van der Waals surface area contributed by atoms with E-state index in [1.54, 1.807) is 19.2 Å². The van der Waals surface area contributed by atoms with Gasteiger partial charge in [-0.1, -0.05) is 6.58 Å². The molecule has 1 aromatic carbocycles. The molecular formula is C11H13NO3. The van der Waals surface area contributed by atoms with E-state index in [1.165, 1.54) is 0 Å². The minimum absolute atomic E-state index is 0.130. The van der Waals surface area contributed by atoms with Crippen LogP contribution in [0.4, 0.5) is 5.69 Å². The lowest BCUT2D eigenvalue weighted by molar-refractivity contribution is -0.132. The summed E-state index contributed by atoms with van der Waals surface area (Å²) in [5, 5.41) is 11.5. The second-order valence-corrected chi connectivity index (χ2v) is 2.99. The van der Waals surface area contributed by atoms with Crippen molar-refractivity contribution in [1.82, 2.24) is 0 Å². The summed E-state index contributed by atoms with van der Waals surface area (Å²) in [6.07, 6.45) is 0. The van der Waals surface area contributed by atoms with Crippen molar-refractivity contribution in [3.05, 3.63) is 36.4 Å². The minimum atomic E-state index is -0.990. The molecule has 4 nitrogen and oxygen atoms in total. The van der Waals surface area contributed by atoms with E-state index >= 15 is 0 Å². The standard InChI is InChI=1S/C11H13NO3/c1-8(11(13)14)7-12-9-3-5-10(15-2)6-4-9/h3-6,12H,1,7H2,2H3,(H,13,14). The van der Waals surface area contributed by atoms with Crippen LogP contribution in [0.3, 0.4) is 0 Å². The van der Waals surface area contributed by atoms with E-state index in [4.69, 9.17) is 9.84 Å². The first kappa shape index (κ1) is 11.1. The van der Waals surface area contributed by atoms with Gasteiger partial charge in [-0.25, -0.2) is 4.79 Å². The maximum absolute atomic E-state index is 10.5. The summed E-state index contributed by atoms with van der Waals surface area (Å²) in [6.45, 7) is 3.64. The van der Waals surface area contributed by atoms with Crippen LogP contribution in [0.2, 0.25) is 0 Å². The Morgan fingerprint density at radius 3 is 2.53 bits per heavy atom. The molecule has 0 aromatic heterocycles. The lowest BCUT2D eigenvalue weighted by atomic mass is 10.2. The lowest BCUT2D eigenvalue weighted by Crippen LogP contribution is -2.10. The molecule has 0 atom stereocenters. The number of methoxy groups -OCH3 is 1.